The number of hydrogen-bond acceptors (Lipinski definition) is 3. The molecule has 2 nitrogen and oxygen atoms in total. The third-order valence-corrected chi connectivity index (χ3v) is 4.15. The number of aromatic nitrogens is 1. The topological polar surface area (TPSA) is 16.1 Å². The van der Waals surface area contributed by atoms with Crippen molar-refractivity contribution in [2.24, 2.45) is 0 Å². The van der Waals surface area contributed by atoms with E-state index in [1.165, 1.54) is 11.9 Å². The van der Waals surface area contributed by atoms with Crippen molar-refractivity contribution >= 4 is 38.1 Å². The second-order valence-corrected chi connectivity index (χ2v) is 6.10. The average molecular weight is 373 g/mol. The Morgan fingerprint density at radius 1 is 1.15 bits per heavy atom. The second-order valence-electron chi connectivity index (χ2n) is 3.80. The maximum atomic E-state index is 13.1. The number of alkyl halides is 3. The molecule has 2 aromatic rings. The molecule has 0 saturated carbocycles. The molecule has 0 saturated heterocycles. The Morgan fingerprint density at radius 3 is 2.15 bits per heavy atom. The van der Waals surface area contributed by atoms with Crippen LogP contribution in [0.3, 0.4) is 0 Å². The first-order valence-corrected chi connectivity index (χ1v) is 6.73. The Bertz CT molecular complexity index is 620. The summed E-state index contributed by atoms with van der Waals surface area (Å²) in [5.41, 5.74) is -1.00. The van der Waals surface area contributed by atoms with Crippen LogP contribution in [0, 0.1) is 11.6 Å². The Morgan fingerprint density at radius 2 is 1.70 bits per heavy atom. The molecule has 0 unspecified atom stereocenters. The van der Waals surface area contributed by atoms with E-state index in [9.17, 15) is 22.0 Å². The van der Waals surface area contributed by atoms with Crippen LogP contribution in [-0.2, 0) is 6.18 Å². The standard InChI is InChI=1S/C11H6BrF5N2S/c1-19(7-3-5(13)2-6(14)4-7)10-18-8(9(12)20-10)11(15,16)17/h2-4H,1H3. The first-order valence-electron chi connectivity index (χ1n) is 5.12. The summed E-state index contributed by atoms with van der Waals surface area (Å²) in [6, 6.07) is 2.69. The predicted octanol–water partition coefficient (Wildman–Crippen LogP) is 4.97. The van der Waals surface area contributed by atoms with Crippen LogP contribution < -0.4 is 4.90 Å². The molecule has 0 aliphatic heterocycles. The molecule has 1 aromatic heterocycles. The van der Waals surface area contributed by atoms with Crippen molar-refractivity contribution in [3.05, 3.63) is 39.3 Å². The van der Waals surface area contributed by atoms with Gasteiger partial charge >= 0.3 is 6.18 Å². The van der Waals surface area contributed by atoms with Crippen molar-refractivity contribution in [2.75, 3.05) is 11.9 Å². The second kappa shape index (κ2) is 5.28. The normalized spacial score (nSPS) is 11.8. The summed E-state index contributed by atoms with van der Waals surface area (Å²) < 4.78 is 63.9. The molecular formula is C11H6BrF5N2S. The fraction of sp³-hybridized carbons (Fsp3) is 0.182. The molecule has 0 aliphatic carbocycles. The fourth-order valence-corrected chi connectivity index (χ4v) is 3.00. The van der Waals surface area contributed by atoms with Crippen LogP contribution in [-0.4, -0.2) is 12.0 Å². The lowest BCUT2D eigenvalue weighted by atomic mass is 10.3. The number of hydrogen-bond donors (Lipinski definition) is 0. The highest BCUT2D eigenvalue weighted by atomic mass is 79.9. The lowest BCUT2D eigenvalue weighted by Gasteiger charge is -2.15. The predicted molar refractivity (Wildman–Crippen MR) is 69.2 cm³/mol. The molecule has 0 radical (unpaired) electrons. The van der Waals surface area contributed by atoms with Crippen molar-refractivity contribution in [1.82, 2.24) is 4.98 Å². The van der Waals surface area contributed by atoms with Crippen molar-refractivity contribution in [2.45, 2.75) is 6.18 Å². The quantitative estimate of drug-likeness (QED) is 0.691. The summed E-state index contributed by atoms with van der Waals surface area (Å²) in [6.45, 7) is 0. The maximum absolute atomic E-state index is 13.1. The Hall–Kier alpha value is -1.22. The number of anilines is 2. The zero-order valence-corrected chi connectivity index (χ0v) is 12.2. The van der Waals surface area contributed by atoms with E-state index >= 15 is 0 Å². The minimum Gasteiger partial charge on any atom is -0.321 e. The SMILES string of the molecule is CN(c1cc(F)cc(F)c1)c1nc(C(F)(F)F)c(Br)s1. The number of nitrogens with zero attached hydrogens (tertiary/aromatic N) is 2. The first-order chi connectivity index (χ1) is 9.18. The number of thiazole rings is 1. The molecular weight excluding hydrogens is 367 g/mol. The maximum Gasteiger partial charge on any atom is 0.435 e. The van der Waals surface area contributed by atoms with Gasteiger partial charge in [0.05, 0.1) is 0 Å². The lowest BCUT2D eigenvalue weighted by molar-refractivity contribution is -0.141. The molecule has 9 heteroatoms. The lowest BCUT2D eigenvalue weighted by Crippen LogP contribution is -2.11. The van der Waals surface area contributed by atoms with Crippen molar-refractivity contribution < 1.29 is 22.0 Å². The largest absolute Gasteiger partial charge is 0.435 e. The van der Waals surface area contributed by atoms with Gasteiger partial charge in [0.1, 0.15) is 15.4 Å². The third-order valence-electron chi connectivity index (χ3n) is 2.36. The van der Waals surface area contributed by atoms with Crippen LogP contribution in [0.4, 0.5) is 32.8 Å². The molecule has 0 spiro atoms. The molecule has 0 bridgehead atoms. The van der Waals surface area contributed by atoms with Crippen LogP contribution in [0.5, 0.6) is 0 Å². The van der Waals surface area contributed by atoms with Crippen LogP contribution in [0.2, 0.25) is 0 Å². The smallest absolute Gasteiger partial charge is 0.321 e. The van der Waals surface area contributed by atoms with E-state index in [0.29, 0.717) is 6.07 Å². The molecule has 0 fully saturated rings. The van der Waals surface area contributed by atoms with E-state index in [1.807, 2.05) is 0 Å². The van der Waals surface area contributed by atoms with Gasteiger partial charge in [-0.15, -0.1) is 0 Å². The van der Waals surface area contributed by atoms with Gasteiger partial charge in [-0.3, -0.25) is 0 Å². The van der Waals surface area contributed by atoms with E-state index in [-0.39, 0.29) is 14.6 Å². The molecule has 0 amide bonds. The summed E-state index contributed by atoms with van der Waals surface area (Å²) in [6.07, 6.45) is -4.60. The summed E-state index contributed by atoms with van der Waals surface area (Å²) in [5, 5.41) is -0.0331. The van der Waals surface area contributed by atoms with Crippen LogP contribution in [0.1, 0.15) is 5.69 Å². The molecule has 1 heterocycles. The van der Waals surface area contributed by atoms with Gasteiger partial charge < -0.3 is 4.90 Å². The van der Waals surface area contributed by atoms with Gasteiger partial charge in [-0.05, 0) is 28.1 Å². The van der Waals surface area contributed by atoms with Gasteiger partial charge in [-0.1, -0.05) is 11.3 Å². The third kappa shape index (κ3) is 3.09. The van der Waals surface area contributed by atoms with Gasteiger partial charge in [0, 0.05) is 18.8 Å². The number of benzene rings is 1. The highest BCUT2D eigenvalue weighted by molar-refractivity contribution is 9.11. The minimum absolute atomic E-state index is 0.0331. The molecule has 20 heavy (non-hydrogen) atoms. The first kappa shape index (κ1) is 15.2. The van der Waals surface area contributed by atoms with E-state index in [1.54, 1.807) is 0 Å². The molecule has 0 N–H and O–H groups in total. The van der Waals surface area contributed by atoms with Gasteiger partial charge in [0.25, 0.3) is 0 Å². The number of halogens is 6. The van der Waals surface area contributed by atoms with Gasteiger partial charge in [-0.2, -0.15) is 13.2 Å². The minimum atomic E-state index is -4.60. The van der Waals surface area contributed by atoms with Gasteiger partial charge in [0.2, 0.25) is 0 Å². The highest BCUT2D eigenvalue weighted by Gasteiger charge is 2.37. The zero-order valence-electron chi connectivity index (χ0n) is 9.80. The Kier molecular flexibility index (Phi) is 4.01. The summed E-state index contributed by atoms with van der Waals surface area (Å²) in [4.78, 5) is 4.62. The van der Waals surface area contributed by atoms with Gasteiger partial charge in [-0.25, -0.2) is 13.8 Å². The summed E-state index contributed by atoms with van der Waals surface area (Å²) >= 11 is 3.51. The summed E-state index contributed by atoms with van der Waals surface area (Å²) in [7, 11) is 1.37. The number of rotatable bonds is 2. The van der Waals surface area contributed by atoms with Crippen LogP contribution in [0.15, 0.2) is 22.0 Å². The van der Waals surface area contributed by atoms with Crippen molar-refractivity contribution in [3.63, 3.8) is 0 Å². The molecule has 108 valence electrons. The van der Waals surface area contributed by atoms with Crippen molar-refractivity contribution in [3.8, 4) is 0 Å². The Labute approximate surface area is 123 Å². The van der Waals surface area contributed by atoms with E-state index in [0.717, 1.165) is 23.5 Å². The monoisotopic (exact) mass is 372 g/mol. The fourth-order valence-electron chi connectivity index (χ4n) is 1.45. The average Bonchev–Trinajstić information content (AvgIpc) is 2.68. The highest BCUT2D eigenvalue weighted by Crippen LogP contribution is 2.41. The van der Waals surface area contributed by atoms with Crippen LogP contribution >= 0.6 is 27.3 Å². The Balaban J connectivity index is 2.41. The van der Waals surface area contributed by atoms with E-state index < -0.39 is 23.5 Å². The molecule has 0 aliphatic rings. The molecule has 1 aromatic carbocycles. The molecule has 0 atom stereocenters. The van der Waals surface area contributed by atoms with E-state index in [2.05, 4.69) is 20.9 Å². The van der Waals surface area contributed by atoms with Gasteiger partial charge in [0.15, 0.2) is 10.8 Å². The summed E-state index contributed by atoms with van der Waals surface area (Å²) in [5.74, 6) is -1.64. The van der Waals surface area contributed by atoms with E-state index in [4.69, 9.17) is 0 Å². The molecule has 2 rings (SSSR count). The van der Waals surface area contributed by atoms with Crippen molar-refractivity contribution in [1.29, 1.82) is 0 Å². The zero-order chi connectivity index (χ0) is 15.1. The van der Waals surface area contributed by atoms with Crippen LogP contribution in [0.25, 0.3) is 0 Å².